The molecule has 0 heterocycles. The third kappa shape index (κ3) is 3.60. The minimum atomic E-state index is -0.831. The van der Waals surface area contributed by atoms with Crippen molar-refractivity contribution < 1.29 is 0 Å². The fourth-order valence-electron chi connectivity index (χ4n) is 9.57. The fourth-order valence-corrected chi connectivity index (χ4v) is 10.1. The van der Waals surface area contributed by atoms with Gasteiger partial charge >= 0.3 is 0 Å². The van der Waals surface area contributed by atoms with Crippen LogP contribution in [0.15, 0.2) is 5.18 Å². The van der Waals surface area contributed by atoms with Gasteiger partial charge in [0.1, 0.15) is 0 Å². The van der Waals surface area contributed by atoms with Crippen molar-refractivity contribution in [2.45, 2.75) is 117 Å². The second kappa shape index (κ2) is 8.35. The van der Waals surface area contributed by atoms with E-state index >= 15 is 0 Å². The van der Waals surface area contributed by atoms with E-state index in [1.165, 1.54) is 57.8 Å². The largest absolute Gasteiger partial charge is 0.178 e. The highest BCUT2D eigenvalue weighted by atomic mass is 35.5. The minimum Gasteiger partial charge on any atom is -0.149 e. The first-order chi connectivity index (χ1) is 14.2. The third-order valence-electron chi connectivity index (χ3n) is 11.0. The molecule has 0 aliphatic heterocycles. The van der Waals surface area contributed by atoms with Gasteiger partial charge in [-0.15, -0.1) is 4.91 Å². The lowest BCUT2D eigenvalue weighted by molar-refractivity contribution is -0.123. The molecule has 30 heavy (non-hydrogen) atoms. The Morgan fingerprint density at radius 1 is 0.900 bits per heavy atom. The number of hydrogen-bond acceptors (Lipinski definition) is 2. The molecule has 0 radical (unpaired) electrons. The van der Waals surface area contributed by atoms with E-state index in [4.69, 9.17) is 11.6 Å². The predicted molar refractivity (Wildman–Crippen MR) is 127 cm³/mol. The summed E-state index contributed by atoms with van der Waals surface area (Å²) in [7, 11) is 0. The zero-order chi connectivity index (χ0) is 21.7. The molecule has 2 nitrogen and oxygen atoms in total. The number of nitroso groups, excluding NO2 is 1. The van der Waals surface area contributed by atoms with Gasteiger partial charge < -0.3 is 0 Å². The van der Waals surface area contributed by atoms with Gasteiger partial charge in [-0.2, -0.15) is 0 Å². The monoisotopic (exact) mass is 435 g/mol. The minimum absolute atomic E-state index is 0.221. The van der Waals surface area contributed by atoms with Crippen LogP contribution >= 0.6 is 11.6 Å². The van der Waals surface area contributed by atoms with Crippen LogP contribution in [0.2, 0.25) is 0 Å². The van der Waals surface area contributed by atoms with E-state index in [1.807, 2.05) is 0 Å². The lowest BCUT2D eigenvalue weighted by Gasteiger charge is -2.62. The van der Waals surface area contributed by atoms with E-state index in [0.717, 1.165) is 54.8 Å². The van der Waals surface area contributed by atoms with Gasteiger partial charge in [0.05, 0.1) is 0 Å². The fraction of sp³-hybridized carbons (Fsp3) is 1.00. The Labute approximate surface area is 190 Å². The molecule has 0 aromatic carbocycles. The van der Waals surface area contributed by atoms with Gasteiger partial charge in [0, 0.05) is 5.92 Å². The van der Waals surface area contributed by atoms with Crippen LogP contribution in [0, 0.1) is 57.2 Å². The number of nitrogens with zero attached hydrogens (tertiary/aromatic N) is 1. The summed E-state index contributed by atoms with van der Waals surface area (Å²) in [6.45, 7) is 12.4. The van der Waals surface area contributed by atoms with Crippen molar-refractivity contribution in [1.82, 2.24) is 0 Å². The summed E-state index contributed by atoms with van der Waals surface area (Å²) >= 11 is 6.85. The van der Waals surface area contributed by atoms with Crippen LogP contribution in [0.4, 0.5) is 0 Å². The average Bonchev–Trinajstić information content (AvgIpc) is 3.05. The molecule has 0 N–H and O–H groups in total. The van der Waals surface area contributed by atoms with Crippen LogP contribution in [0.3, 0.4) is 0 Å². The summed E-state index contributed by atoms with van der Waals surface area (Å²) in [5, 5.41) is 3.52. The third-order valence-corrected chi connectivity index (χ3v) is 11.5. The highest BCUT2D eigenvalue weighted by molar-refractivity contribution is 6.24. The molecule has 3 heteroatoms. The zero-order valence-corrected chi connectivity index (χ0v) is 21.0. The molecule has 0 unspecified atom stereocenters. The molecule has 0 aromatic rings. The standard InChI is InChI=1S/C27H46ClNO/c1-18(2)8-6-9-19(3)21-11-12-22-20-10-13-24-26(5,15-7-16-27(24,28)29-30)23(20)14-17-25(21,22)4/h18-24H,6-17H2,1-5H3/t19-,20+,21-,22+,23+,24-,25-,26-,27+/m1/s1. The highest BCUT2D eigenvalue weighted by Gasteiger charge is 2.63. The van der Waals surface area contributed by atoms with Crippen LogP contribution in [-0.2, 0) is 0 Å². The van der Waals surface area contributed by atoms with E-state index in [0.29, 0.717) is 5.41 Å². The van der Waals surface area contributed by atoms with E-state index in [9.17, 15) is 4.91 Å². The molecule has 0 bridgehead atoms. The van der Waals surface area contributed by atoms with Crippen molar-refractivity contribution in [3.8, 4) is 0 Å². The Hall–Kier alpha value is -0.110. The van der Waals surface area contributed by atoms with E-state index < -0.39 is 5.00 Å². The maximum absolute atomic E-state index is 11.7. The predicted octanol–water partition coefficient (Wildman–Crippen LogP) is 8.81. The lowest BCUT2D eigenvalue weighted by Crippen LogP contribution is -2.57. The van der Waals surface area contributed by atoms with Gasteiger partial charge in [0.2, 0.25) is 0 Å². The summed E-state index contributed by atoms with van der Waals surface area (Å²) < 4.78 is 0. The molecule has 0 amide bonds. The van der Waals surface area contributed by atoms with Gasteiger partial charge in [0.25, 0.3) is 0 Å². The molecule has 4 aliphatic rings. The summed E-state index contributed by atoms with van der Waals surface area (Å²) in [6, 6.07) is 0. The number of alkyl halides is 1. The maximum atomic E-state index is 11.7. The SMILES string of the molecule is CC(C)CCC[C@@H](C)[C@H]1CC[C@H]2[C@@H]3CC[C@@H]4[C@](C)(CCC[C@]4(Cl)N=O)[C@H]3CC[C@]12C. The molecule has 0 aromatic heterocycles. The Balaban J connectivity index is 1.50. The zero-order valence-electron chi connectivity index (χ0n) is 20.3. The van der Waals surface area contributed by atoms with Gasteiger partial charge in [-0.25, -0.2) is 0 Å². The van der Waals surface area contributed by atoms with Crippen molar-refractivity contribution >= 4 is 11.6 Å². The Morgan fingerprint density at radius 2 is 1.63 bits per heavy atom. The molecule has 9 atom stereocenters. The average molecular weight is 436 g/mol. The van der Waals surface area contributed by atoms with Crippen LogP contribution in [0.1, 0.15) is 112 Å². The number of hydrogen-bond donors (Lipinski definition) is 0. The quantitative estimate of drug-likeness (QED) is 0.232. The topological polar surface area (TPSA) is 29.4 Å². The Bertz CT molecular complexity index is 636. The second-order valence-electron chi connectivity index (χ2n) is 12.8. The molecule has 4 rings (SSSR count). The molecule has 172 valence electrons. The molecule has 0 spiro atoms. The van der Waals surface area contributed by atoms with E-state index in [-0.39, 0.29) is 11.3 Å². The first-order valence-electron chi connectivity index (χ1n) is 13.2. The molecule has 4 fully saturated rings. The van der Waals surface area contributed by atoms with Gasteiger partial charge in [-0.1, -0.05) is 65.5 Å². The molecule has 0 saturated heterocycles. The number of halogens is 1. The first kappa shape index (κ1) is 23.1. The summed E-state index contributed by atoms with van der Waals surface area (Å²) in [5.74, 6) is 5.40. The van der Waals surface area contributed by atoms with Gasteiger partial charge in [-0.05, 0) is 109 Å². The molecule has 4 aliphatic carbocycles. The maximum Gasteiger partial charge on any atom is 0.178 e. The second-order valence-corrected chi connectivity index (χ2v) is 13.5. The number of rotatable bonds is 6. The van der Waals surface area contributed by atoms with Crippen LogP contribution in [-0.4, -0.2) is 5.00 Å². The van der Waals surface area contributed by atoms with Gasteiger partial charge in [-0.3, -0.25) is 0 Å². The van der Waals surface area contributed by atoms with Crippen LogP contribution in [0.5, 0.6) is 0 Å². The van der Waals surface area contributed by atoms with Crippen molar-refractivity contribution in [2.75, 3.05) is 0 Å². The Morgan fingerprint density at radius 3 is 2.33 bits per heavy atom. The summed E-state index contributed by atoms with van der Waals surface area (Å²) in [5.41, 5.74) is 0.760. The first-order valence-corrected chi connectivity index (χ1v) is 13.6. The van der Waals surface area contributed by atoms with E-state index in [1.54, 1.807) is 0 Å². The number of fused-ring (bicyclic) bond motifs is 5. The van der Waals surface area contributed by atoms with E-state index in [2.05, 4.69) is 39.8 Å². The smallest absolute Gasteiger partial charge is 0.149 e. The van der Waals surface area contributed by atoms with Gasteiger partial charge in [0.15, 0.2) is 5.00 Å². The molecular weight excluding hydrogens is 390 g/mol. The van der Waals surface area contributed by atoms with Crippen molar-refractivity contribution in [1.29, 1.82) is 0 Å². The molecular formula is C27H46ClNO. The van der Waals surface area contributed by atoms with Crippen LogP contribution in [0.25, 0.3) is 0 Å². The van der Waals surface area contributed by atoms with Crippen LogP contribution < -0.4 is 0 Å². The summed E-state index contributed by atoms with van der Waals surface area (Å²) in [6.07, 6.45) is 15.3. The van der Waals surface area contributed by atoms with Crippen molar-refractivity contribution in [3.63, 3.8) is 0 Å². The van der Waals surface area contributed by atoms with Crippen molar-refractivity contribution in [2.24, 2.45) is 57.4 Å². The lowest BCUT2D eigenvalue weighted by atomic mass is 9.44. The Kier molecular flexibility index (Phi) is 6.42. The normalized spacial score (nSPS) is 49.2. The highest BCUT2D eigenvalue weighted by Crippen LogP contribution is 2.70. The summed E-state index contributed by atoms with van der Waals surface area (Å²) in [4.78, 5) is 10.9. The molecule has 4 saturated carbocycles. The van der Waals surface area contributed by atoms with Crippen molar-refractivity contribution in [3.05, 3.63) is 4.91 Å².